The molecule has 3 atom stereocenters. The van der Waals surface area contributed by atoms with Gasteiger partial charge in [-0.2, -0.15) is 13.2 Å². The zero-order valence-corrected chi connectivity index (χ0v) is 20.3. The van der Waals surface area contributed by atoms with Crippen molar-refractivity contribution < 1.29 is 23.0 Å². The van der Waals surface area contributed by atoms with E-state index in [0.717, 1.165) is 60.9 Å². The summed E-state index contributed by atoms with van der Waals surface area (Å²) in [6.45, 7) is 1.67. The lowest BCUT2D eigenvalue weighted by Crippen LogP contribution is -2.44. The van der Waals surface area contributed by atoms with Crippen LogP contribution in [-0.4, -0.2) is 75.3 Å². The standard InChI is InChI=1S/C25H34F3N5O2/c1-15(13-35-2)30-24-29-12-23-21(11-22(33(23)31-24)16-3-7-20(34)8-4-16)17-9-18-5-6-19(10-17)32(18)14-25(26,27)28/h9,11-12,15-16,18-20,34H,3-8,10,13-14H2,1-2H3,(H,30,31)/t15-,16?,18+,19-,20?/m0/s1. The van der Waals surface area contributed by atoms with Crippen LogP contribution in [0.15, 0.2) is 18.3 Å². The molecule has 2 bridgehead atoms. The summed E-state index contributed by atoms with van der Waals surface area (Å²) in [5.41, 5.74) is 4.07. The van der Waals surface area contributed by atoms with Gasteiger partial charge < -0.3 is 15.2 Å². The SMILES string of the molecule is COC[C@H](C)Nc1ncc2c(C3=C[C@H]4CC[C@@H](C3)N4CC(F)(F)F)cc(C3CCC(O)CC3)n2n1. The Morgan fingerprint density at radius 2 is 1.97 bits per heavy atom. The lowest BCUT2D eigenvalue weighted by Gasteiger charge is -2.34. The average molecular weight is 494 g/mol. The molecule has 192 valence electrons. The van der Waals surface area contributed by atoms with Gasteiger partial charge >= 0.3 is 6.18 Å². The summed E-state index contributed by atoms with van der Waals surface area (Å²) >= 11 is 0. The highest BCUT2D eigenvalue weighted by Crippen LogP contribution is 2.43. The van der Waals surface area contributed by atoms with Gasteiger partial charge in [-0.25, -0.2) is 9.50 Å². The van der Waals surface area contributed by atoms with Crippen LogP contribution in [0, 0.1) is 0 Å². The van der Waals surface area contributed by atoms with Gasteiger partial charge in [-0.05, 0) is 63.5 Å². The lowest BCUT2D eigenvalue weighted by molar-refractivity contribution is -0.150. The fraction of sp³-hybridized carbons (Fsp3) is 0.680. The number of aliphatic hydroxyl groups excluding tert-OH is 1. The van der Waals surface area contributed by atoms with Crippen LogP contribution in [0.1, 0.15) is 69.0 Å². The van der Waals surface area contributed by atoms with Crippen LogP contribution in [0.4, 0.5) is 19.1 Å². The maximum Gasteiger partial charge on any atom is 0.401 e. The Morgan fingerprint density at radius 3 is 2.66 bits per heavy atom. The molecular weight excluding hydrogens is 459 g/mol. The molecule has 7 nitrogen and oxygen atoms in total. The van der Waals surface area contributed by atoms with E-state index in [1.807, 2.05) is 23.7 Å². The molecule has 10 heteroatoms. The molecule has 2 aromatic heterocycles. The zero-order chi connectivity index (χ0) is 24.7. The number of hydrogen-bond acceptors (Lipinski definition) is 6. The fourth-order valence-electron chi connectivity index (χ4n) is 6.08. The van der Waals surface area contributed by atoms with Crippen molar-refractivity contribution in [1.82, 2.24) is 19.5 Å². The highest BCUT2D eigenvalue weighted by atomic mass is 19.4. The number of nitrogens with one attached hydrogen (secondary N) is 1. The summed E-state index contributed by atoms with van der Waals surface area (Å²) in [6.07, 6.45) is 4.81. The number of ether oxygens (including phenoxy) is 1. The molecule has 0 spiro atoms. The van der Waals surface area contributed by atoms with Crippen molar-refractivity contribution >= 4 is 17.0 Å². The summed E-state index contributed by atoms with van der Waals surface area (Å²) in [5, 5.41) is 18.1. The zero-order valence-electron chi connectivity index (χ0n) is 20.3. The van der Waals surface area contributed by atoms with E-state index in [-0.39, 0.29) is 30.1 Å². The smallest absolute Gasteiger partial charge is 0.393 e. The van der Waals surface area contributed by atoms with Gasteiger partial charge in [0.05, 0.1) is 31.0 Å². The van der Waals surface area contributed by atoms with Gasteiger partial charge in [0.25, 0.3) is 0 Å². The van der Waals surface area contributed by atoms with E-state index in [2.05, 4.69) is 16.4 Å². The molecule has 2 aliphatic heterocycles. The first kappa shape index (κ1) is 24.5. The first-order valence-corrected chi connectivity index (χ1v) is 12.6. The number of fused-ring (bicyclic) bond motifs is 3. The van der Waals surface area contributed by atoms with E-state index in [1.165, 1.54) is 0 Å². The van der Waals surface area contributed by atoms with E-state index >= 15 is 0 Å². The second-order valence-corrected chi connectivity index (χ2v) is 10.3. The molecule has 0 radical (unpaired) electrons. The first-order chi connectivity index (χ1) is 16.7. The molecule has 1 saturated carbocycles. The van der Waals surface area contributed by atoms with Crippen molar-refractivity contribution in [1.29, 1.82) is 0 Å². The predicted molar refractivity (Wildman–Crippen MR) is 127 cm³/mol. The molecule has 0 aromatic carbocycles. The molecule has 1 saturated heterocycles. The van der Waals surface area contributed by atoms with Crippen LogP contribution in [0.25, 0.3) is 11.1 Å². The summed E-state index contributed by atoms with van der Waals surface area (Å²) in [7, 11) is 1.65. The van der Waals surface area contributed by atoms with Crippen molar-refractivity contribution in [3.63, 3.8) is 0 Å². The highest BCUT2D eigenvalue weighted by Gasteiger charge is 2.43. The third kappa shape index (κ3) is 5.20. The number of aromatic nitrogens is 3. The molecule has 3 aliphatic rings. The van der Waals surface area contributed by atoms with E-state index < -0.39 is 12.7 Å². The fourth-order valence-corrected chi connectivity index (χ4v) is 6.08. The molecule has 2 fully saturated rings. The minimum absolute atomic E-state index is 0.0389. The Hall–Kier alpha value is -2.17. The van der Waals surface area contributed by atoms with Crippen molar-refractivity contribution in [3.8, 4) is 0 Å². The lowest BCUT2D eigenvalue weighted by atomic mass is 9.85. The van der Waals surface area contributed by atoms with Crippen molar-refractivity contribution in [2.75, 3.05) is 25.6 Å². The summed E-state index contributed by atoms with van der Waals surface area (Å²) in [5.74, 6) is 0.775. The third-order valence-electron chi connectivity index (χ3n) is 7.70. The second kappa shape index (κ2) is 9.71. The molecule has 4 heterocycles. The Bertz CT molecular complexity index is 1080. The first-order valence-electron chi connectivity index (χ1n) is 12.6. The maximum atomic E-state index is 13.1. The van der Waals surface area contributed by atoms with Gasteiger partial charge in [0.1, 0.15) is 0 Å². The van der Waals surface area contributed by atoms with Gasteiger partial charge in [0, 0.05) is 42.4 Å². The number of hydrogen-bond donors (Lipinski definition) is 2. The van der Waals surface area contributed by atoms with Gasteiger partial charge in [-0.15, -0.1) is 5.10 Å². The number of halogens is 3. The highest BCUT2D eigenvalue weighted by molar-refractivity contribution is 5.80. The molecule has 5 rings (SSSR count). The molecule has 2 aromatic rings. The summed E-state index contributed by atoms with van der Waals surface area (Å²) < 4.78 is 46.6. The normalized spacial score (nSPS) is 28.3. The Labute approximate surface area is 203 Å². The Balaban J connectivity index is 1.50. The Kier molecular flexibility index (Phi) is 6.80. The molecule has 0 amide bonds. The quantitative estimate of drug-likeness (QED) is 0.597. The van der Waals surface area contributed by atoms with E-state index in [9.17, 15) is 18.3 Å². The molecule has 35 heavy (non-hydrogen) atoms. The number of rotatable bonds is 7. The number of aliphatic hydroxyl groups is 1. The molecular formula is C25H34F3N5O2. The molecule has 2 N–H and O–H groups in total. The van der Waals surface area contributed by atoms with Crippen LogP contribution >= 0.6 is 0 Å². The van der Waals surface area contributed by atoms with Crippen LogP contribution in [0.2, 0.25) is 0 Å². The number of anilines is 1. The van der Waals surface area contributed by atoms with Gasteiger partial charge in [-0.3, -0.25) is 4.90 Å². The molecule has 1 aliphatic carbocycles. The predicted octanol–water partition coefficient (Wildman–Crippen LogP) is 4.38. The van der Waals surface area contributed by atoms with Crippen molar-refractivity contribution in [2.24, 2.45) is 0 Å². The van der Waals surface area contributed by atoms with Crippen LogP contribution < -0.4 is 5.32 Å². The molecule has 0 unspecified atom stereocenters. The minimum Gasteiger partial charge on any atom is -0.393 e. The number of nitrogens with zero attached hydrogens (tertiary/aromatic N) is 4. The average Bonchev–Trinajstić information content (AvgIpc) is 3.25. The summed E-state index contributed by atoms with van der Waals surface area (Å²) in [6, 6.07) is 1.92. The Morgan fingerprint density at radius 1 is 1.20 bits per heavy atom. The largest absolute Gasteiger partial charge is 0.401 e. The van der Waals surface area contributed by atoms with E-state index in [0.29, 0.717) is 19.0 Å². The van der Waals surface area contributed by atoms with Crippen LogP contribution in [0.3, 0.4) is 0 Å². The van der Waals surface area contributed by atoms with Crippen molar-refractivity contribution in [2.45, 2.75) is 88.2 Å². The maximum absolute atomic E-state index is 13.1. The minimum atomic E-state index is -4.19. The summed E-state index contributed by atoms with van der Waals surface area (Å²) in [4.78, 5) is 6.16. The third-order valence-corrected chi connectivity index (χ3v) is 7.70. The second-order valence-electron chi connectivity index (χ2n) is 10.3. The van der Waals surface area contributed by atoms with Gasteiger partial charge in [-0.1, -0.05) is 6.08 Å². The number of methoxy groups -OCH3 is 1. The van der Waals surface area contributed by atoms with E-state index in [1.54, 1.807) is 12.0 Å². The van der Waals surface area contributed by atoms with Crippen LogP contribution in [0.5, 0.6) is 0 Å². The van der Waals surface area contributed by atoms with E-state index in [4.69, 9.17) is 9.84 Å². The topological polar surface area (TPSA) is 74.9 Å². The van der Waals surface area contributed by atoms with Gasteiger partial charge in [0.2, 0.25) is 5.95 Å². The van der Waals surface area contributed by atoms with Crippen LogP contribution in [-0.2, 0) is 4.74 Å². The monoisotopic (exact) mass is 493 g/mol. The number of alkyl halides is 3. The van der Waals surface area contributed by atoms with Gasteiger partial charge in [0.15, 0.2) is 0 Å². The van der Waals surface area contributed by atoms with Crippen molar-refractivity contribution in [3.05, 3.63) is 29.6 Å².